The number of nitriles is 1. The van der Waals surface area contributed by atoms with Crippen molar-refractivity contribution < 1.29 is 32.3 Å². The molecule has 4 amide bonds. The number of likely N-dealkylation sites (tertiary alicyclic amines) is 1. The number of carbonyl (C=O) groups excluding carboxylic acids is 3. The number of anilines is 1. The van der Waals surface area contributed by atoms with Crippen LogP contribution >= 0.6 is 11.6 Å². The molecule has 180 valence electrons. The fourth-order valence-corrected chi connectivity index (χ4v) is 5.14. The maximum absolute atomic E-state index is 13.4. The number of halogens is 4. The second-order valence-corrected chi connectivity index (χ2v) is 8.81. The molecule has 0 saturated carbocycles. The molecule has 3 saturated heterocycles. The zero-order chi connectivity index (χ0) is 25.1. The Kier molecular flexibility index (Phi) is 5.36. The van der Waals surface area contributed by atoms with E-state index in [0.29, 0.717) is 28.0 Å². The van der Waals surface area contributed by atoms with Crippen molar-refractivity contribution in [2.45, 2.75) is 37.3 Å². The Bertz CT molecular complexity index is 1290. The van der Waals surface area contributed by atoms with Crippen LogP contribution in [-0.4, -0.2) is 52.5 Å². The van der Waals surface area contributed by atoms with Crippen molar-refractivity contribution in [1.82, 2.24) is 9.80 Å². The quantitative estimate of drug-likeness (QED) is 0.585. The predicted octanol–water partition coefficient (Wildman–Crippen LogP) is 4.16. The van der Waals surface area contributed by atoms with Gasteiger partial charge in [-0.15, -0.1) is 0 Å². The largest absolute Gasteiger partial charge is 0.444 e. The molecule has 2 aromatic rings. The van der Waals surface area contributed by atoms with E-state index in [4.69, 9.17) is 21.6 Å². The highest BCUT2D eigenvalue weighted by Crippen LogP contribution is 2.43. The molecular formula is C23H16ClF3N4O4. The lowest BCUT2D eigenvalue weighted by molar-refractivity contribution is -0.137. The van der Waals surface area contributed by atoms with Crippen molar-refractivity contribution in [2.75, 3.05) is 11.4 Å². The first-order chi connectivity index (χ1) is 16.6. The first-order valence-corrected chi connectivity index (χ1v) is 10.9. The first-order valence-electron chi connectivity index (χ1n) is 10.6. The number of ether oxygens (including phenoxy) is 1. The Morgan fingerprint density at radius 1 is 1.20 bits per heavy atom. The highest BCUT2D eigenvalue weighted by molar-refractivity contribution is 6.31. The van der Waals surface area contributed by atoms with E-state index in [1.807, 2.05) is 0 Å². The predicted molar refractivity (Wildman–Crippen MR) is 115 cm³/mol. The van der Waals surface area contributed by atoms with Crippen LogP contribution in [0.3, 0.4) is 0 Å². The molecule has 3 aliphatic heterocycles. The number of imide groups is 1. The normalized spacial score (nSPS) is 23.1. The van der Waals surface area contributed by atoms with Crippen LogP contribution in [0.1, 0.15) is 23.1 Å². The number of rotatable bonds is 3. The van der Waals surface area contributed by atoms with E-state index in [0.717, 1.165) is 12.1 Å². The molecule has 0 N–H and O–H groups in total. The average Bonchev–Trinajstić information content (AvgIpc) is 3.48. The van der Waals surface area contributed by atoms with Crippen LogP contribution in [0.5, 0.6) is 0 Å². The summed E-state index contributed by atoms with van der Waals surface area (Å²) < 4.78 is 45.6. The standard InChI is InChI=1S/C23H16ClF3N4O4/c24-17-4-2-1-3-13(17)11-35-22(34)29-10-15-8-18(29)19-20(32)31(21(33)30(15)19)14-6-5-12(9-28)16(7-14)23(25,26)27/h1-7,15,18-19H,8,10-11H2/t15-,18?,19-/m1/s1. The highest BCUT2D eigenvalue weighted by Gasteiger charge is 2.63. The van der Waals surface area contributed by atoms with Gasteiger partial charge in [0.05, 0.1) is 35.0 Å². The van der Waals surface area contributed by atoms with Crippen LogP contribution in [0, 0.1) is 11.3 Å². The molecule has 8 nitrogen and oxygen atoms in total. The summed E-state index contributed by atoms with van der Waals surface area (Å²) in [5, 5.41) is 9.43. The van der Waals surface area contributed by atoms with Gasteiger partial charge < -0.3 is 14.5 Å². The van der Waals surface area contributed by atoms with Crippen LogP contribution in [0.4, 0.5) is 28.4 Å². The number of piperazine rings is 1. The van der Waals surface area contributed by atoms with Gasteiger partial charge in [-0.1, -0.05) is 29.8 Å². The number of carbonyl (C=O) groups is 3. The third-order valence-electron chi connectivity index (χ3n) is 6.50. The number of hydrogen-bond acceptors (Lipinski definition) is 5. The highest BCUT2D eigenvalue weighted by atomic mass is 35.5. The number of nitrogens with zero attached hydrogens (tertiary/aromatic N) is 4. The van der Waals surface area contributed by atoms with E-state index >= 15 is 0 Å². The van der Waals surface area contributed by atoms with Crippen molar-refractivity contribution in [3.63, 3.8) is 0 Å². The van der Waals surface area contributed by atoms with Crippen molar-refractivity contribution in [2.24, 2.45) is 0 Å². The Balaban J connectivity index is 1.36. The summed E-state index contributed by atoms with van der Waals surface area (Å²) in [6.45, 7) is 0.0573. The summed E-state index contributed by atoms with van der Waals surface area (Å²) in [7, 11) is 0. The van der Waals surface area contributed by atoms with Crippen molar-refractivity contribution >= 4 is 35.3 Å². The van der Waals surface area contributed by atoms with Crippen LogP contribution in [0.2, 0.25) is 5.02 Å². The molecular weight excluding hydrogens is 489 g/mol. The molecule has 12 heteroatoms. The van der Waals surface area contributed by atoms with E-state index in [1.165, 1.54) is 15.9 Å². The zero-order valence-corrected chi connectivity index (χ0v) is 18.6. The molecule has 0 aromatic heterocycles. The molecule has 3 heterocycles. The fraction of sp³-hybridized carbons (Fsp3) is 0.304. The molecule has 3 atom stereocenters. The summed E-state index contributed by atoms with van der Waals surface area (Å²) in [6.07, 6.45) is -5.16. The Hall–Kier alpha value is -3.78. The molecule has 2 bridgehead atoms. The van der Waals surface area contributed by atoms with E-state index in [-0.39, 0.29) is 18.8 Å². The van der Waals surface area contributed by atoms with Gasteiger partial charge in [-0.05, 0) is 30.7 Å². The molecule has 5 rings (SSSR count). The van der Waals surface area contributed by atoms with Crippen molar-refractivity contribution in [3.05, 3.63) is 64.2 Å². The monoisotopic (exact) mass is 504 g/mol. The van der Waals surface area contributed by atoms with Crippen LogP contribution in [0.25, 0.3) is 0 Å². The van der Waals surface area contributed by atoms with Gasteiger partial charge in [-0.3, -0.25) is 4.79 Å². The SMILES string of the molecule is N#Cc1ccc(N2C(=O)[C@H]3C4C[C@H](CN4C(=O)OCc4ccccc4Cl)N3C2=O)cc1C(F)(F)F. The Morgan fingerprint density at radius 3 is 2.63 bits per heavy atom. The summed E-state index contributed by atoms with van der Waals surface area (Å²) in [4.78, 5) is 42.4. The second kappa shape index (κ2) is 8.16. The number of urea groups is 1. The summed E-state index contributed by atoms with van der Waals surface area (Å²) >= 11 is 6.08. The zero-order valence-electron chi connectivity index (χ0n) is 17.8. The molecule has 1 unspecified atom stereocenters. The molecule has 2 aromatic carbocycles. The van der Waals surface area contributed by atoms with E-state index in [9.17, 15) is 27.6 Å². The number of alkyl halides is 3. The number of fused-ring (bicyclic) bond motifs is 5. The fourth-order valence-electron chi connectivity index (χ4n) is 4.95. The maximum atomic E-state index is 13.4. The lowest BCUT2D eigenvalue weighted by Crippen LogP contribution is -2.54. The smallest absolute Gasteiger partial charge is 0.417 e. The molecule has 35 heavy (non-hydrogen) atoms. The van der Waals surface area contributed by atoms with E-state index < -0.39 is 53.5 Å². The second-order valence-electron chi connectivity index (χ2n) is 8.40. The van der Waals surface area contributed by atoms with Crippen LogP contribution in [0.15, 0.2) is 42.5 Å². The summed E-state index contributed by atoms with van der Waals surface area (Å²) in [5.74, 6) is -0.732. The van der Waals surface area contributed by atoms with Gasteiger partial charge in [0.1, 0.15) is 12.6 Å². The molecule has 0 radical (unpaired) electrons. The van der Waals surface area contributed by atoms with Gasteiger partial charge in [0.25, 0.3) is 5.91 Å². The first kappa shape index (κ1) is 23.0. The van der Waals surface area contributed by atoms with Gasteiger partial charge in [-0.25, -0.2) is 14.5 Å². The summed E-state index contributed by atoms with van der Waals surface area (Å²) in [5.41, 5.74) is -1.53. The third kappa shape index (κ3) is 3.65. The molecule has 0 spiro atoms. The van der Waals surface area contributed by atoms with Crippen LogP contribution in [-0.2, 0) is 22.3 Å². The molecule has 0 aliphatic carbocycles. The van der Waals surface area contributed by atoms with Crippen LogP contribution < -0.4 is 4.90 Å². The lowest BCUT2D eigenvalue weighted by Gasteiger charge is -2.34. The molecule has 3 fully saturated rings. The molecule has 3 aliphatic rings. The van der Waals surface area contributed by atoms with Crippen molar-refractivity contribution in [1.29, 1.82) is 5.26 Å². The van der Waals surface area contributed by atoms with Crippen molar-refractivity contribution in [3.8, 4) is 6.07 Å². The van der Waals surface area contributed by atoms with Gasteiger partial charge >= 0.3 is 18.3 Å². The van der Waals surface area contributed by atoms with E-state index in [2.05, 4.69) is 0 Å². The summed E-state index contributed by atoms with van der Waals surface area (Å²) in [6, 6.07) is 8.06. The maximum Gasteiger partial charge on any atom is 0.417 e. The minimum Gasteiger partial charge on any atom is -0.444 e. The average molecular weight is 505 g/mol. The minimum atomic E-state index is -4.84. The number of benzene rings is 2. The Labute approximate surface area is 202 Å². The lowest BCUT2D eigenvalue weighted by atomic mass is 10.1. The van der Waals surface area contributed by atoms with Gasteiger partial charge in [0, 0.05) is 17.1 Å². The minimum absolute atomic E-state index is 0.0781. The number of amides is 4. The Morgan fingerprint density at radius 2 is 1.94 bits per heavy atom. The topological polar surface area (TPSA) is 93.9 Å². The van der Waals surface area contributed by atoms with Gasteiger partial charge in [0.15, 0.2) is 0 Å². The van der Waals surface area contributed by atoms with E-state index in [1.54, 1.807) is 24.3 Å². The van der Waals surface area contributed by atoms with Gasteiger partial charge in [0.2, 0.25) is 0 Å². The van der Waals surface area contributed by atoms with Gasteiger partial charge in [-0.2, -0.15) is 18.4 Å². The number of hydrogen-bond donors (Lipinski definition) is 0. The third-order valence-corrected chi connectivity index (χ3v) is 6.86.